The molecule has 1 aliphatic heterocycles. The van der Waals surface area contributed by atoms with Gasteiger partial charge in [0.2, 0.25) is 10.0 Å². The highest BCUT2D eigenvalue weighted by atomic mass is 32.2. The number of nitrogens with zero attached hydrogens (tertiary/aromatic N) is 1. The van der Waals surface area contributed by atoms with Crippen molar-refractivity contribution in [3.63, 3.8) is 0 Å². The van der Waals surface area contributed by atoms with E-state index in [-0.39, 0.29) is 24.4 Å². The van der Waals surface area contributed by atoms with E-state index in [1.54, 1.807) is 0 Å². The van der Waals surface area contributed by atoms with Crippen molar-refractivity contribution in [3.8, 4) is 0 Å². The standard InChI is InChI=1S/C17H27N3O4S/c1-3-15-4-6-16(7-5-15)14(2)19-17(21)18-8-13-25(22,23)20-9-11-24-12-10-20/h4-7,14H,3,8-13H2,1-2H3,(H2,18,19,21)/t14-/m0/s1. The van der Waals surface area contributed by atoms with Crippen LogP contribution in [0.3, 0.4) is 0 Å². The molecule has 1 aliphatic rings. The van der Waals surface area contributed by atoms with Crippen LogP contribution in [0.5, 0.6) is 0 Å². The summed E-state index contributed by atoms with van der Waals surface area (Å²) >= 11 is 0. The lowest BCUT2D eigenvalue weighted by Gasteiger charge is -2.26. The minimum atomic E-state index is -3.36. The van der Waals surface area contributed by atoms with Crippen molar-refractivity contribution in [1.29, 1.82) is 0 Å². The van der Waals surface area contributed by atoms with Gasteiger partial charge in [0.1, 0.15) is 0 Å². The molecule has 2 N–H and O–H groups in total. The van der Waals surface area contributed by atoms with Crippen LogP contribution >= 0.6 is 0 Å². The second-order valence-electron chi connectivity index (χ2n) is 6.04. The van der Waals surface area contributed by atoms with Gasteiger partial charge in [0.05, 0.1) is 25.0 Å². The molecule has 2 amide bonds. The Bertz CT molecular complexity index is 655. The second kappa shape index (κ2) is 9.17. The van der Waals surface area contributed by atoms with Crippen molar-refractivity contribution in [2.75, 3.05) is 38.6 Å². The third-order valence-electron chi connectivity index (χ3n) is 4.24. The van der Waals surface area contributed by atoms with Gasteiger partial charge in [-0.15, -0.1) is 0 Å². The van der Waals surface area contributed by atoms with Crippen molar-refractivity contribution < 1.29 is 17.9 Å². The topological polar surface area (TPSA) is 87.7 Å². The van der Waals surface area contributed by atoms with Gasteiger partial charge in [-0.25, -0.2) is 13.2 Å². The Morgan fingerprint density at radius 1 is 1.24 bits per heavy atom. The Morgan fingerprint density at radius 2 is 1.88 bits per heavy atom. The summed E-state index contributed by atoms with van der Waals surface area (Å²) in [5.41, 5.74) is 2.25. The van der Waals surface area contributed by atoms with Crippen molar-refractivity contribution in [2.24, 2.45) is 0 Å². The van der Waals surface area contributed by atoms with Crippen molar-refractivity contribution >= 4 is 16.1 Å². The highest BCUT2D eigenvalue weighted by Crippen LogP contribution is 2.13. The molecule has 0 radical (unpaired) electrons. The zero-order valence-corrected chi connectivity index (χ0v) is 15.6. The maximum atomic E-state index is 12.2. The van der Waals surface area contributed by atoms with Gasteiger partial charge in [-0.05, 0) is 24.5 Å². The smallest absolute Gasteiger partial charge is 0.315 e. The molecule has 1 aromatic carbocycles. The van der Waals surface area contributed by atoms with E-state index in [0.29, 0.717) is 26.3 Å². The van der Waals surface area contributed by atoms with Crippen LogP contribution in [-0.4, -0.2) is 57.4 Å². The quantitative estimate of drug-likeness (QED) is 0.758. The largest absolute Gasteiger partial charge is 0.379 e. The molecule has 0 spiro atoms. The molecule has 0 saturated carbocycles. The van der Waals surface area contributed by atoms with Gasteiger partial charge < -0.3 is 15.4 Å². The van der Waals surface area contributed by atoms with E-state index in [1.807, 2.05) is 31.2 Å². The SMILES string of the molecule is CCc1ccc([C@H](C)NC(=O)NCCS(=O)(=O)N2CCOCC2)cc1. The van der Waals surface area contributed by atoms with E-state index in [4.69, 9.17) is 4.74 Å². The molecule has 1 saturated heterocycles. The minimum absolute atomic E-state index is 0.0764. The Hall–Kier alpha value is -1.64. The van der Waals surface area contributed by atoms with Crippen molar-refractivity contribution in [1.82, 2.24) is 14.9 Å². The molecule has 0 unspecified atom stereocenters. The van der Waals surface area contributed by atoms with Crippen molar-refractivity contribution in [3.05, 3.63) is 35.4 Å². The van der Waals surface area contributed by atoms with Gasteiger partial charge in [-0.1, -0.05) is 31.2 Å². The molecule has 25 heavy (non-hydrogen) atoms. The number of hydrogen-bond donors (Lipinski definition) is 2. The Balaban J connectivity index is 1.75. The summed E-state index contributed by atoms with van der Waals surface area (Å²) in [7, 11) is -3.36. The number of sulfonamides is 1. The number of morpholine rings is 1. The average Bonchev–Trinajstić information content (AvgIpc) is 2.62. The van der Waals surface area contributed by atoms with E-state index in [2.05, 4.69) is 17.6 Å². The lowest BCUT2D eigenvalue weighted by atomic mass is 10.1. The summed E-state index contributed by atoms with van der Waals surface area (Å²) in [5.74, 6) is -0.111. The van der Waals surface area contributed by atoms with E-state index >= 15 is 0 Å². The van der Waals surface area contributed by atoms with Crippen LogP contribution in [0.2, 0.25) is 0 Å². The number of urea groups is 1. The maximum absolute atomic E-state index is 12.2. The first-order chi connectivity index (χ1) is 11.9. The van der Waals surface area contributed by atoms with Gasteiger partial charge in [-0.3, -0.25) is 0 Å². The number of aryl methyl sites for hydroxylation is 1. The first-order valence-electron chi connectivity index (χ1n) is 8.61. The maximum Gasteiger partial charge on any atom is 0.315 e. The van der Waals surface area contributed by atoms with Gasteiger partial charge >= 0.3 is 6.03 Å². The zero-order valence-electron chi connectivity index (χ0n) is 14.8. The summed E-state index contributed by atoms with van der Waals surface area (Å²) < 4.78 is 30.9. The lowest BCUT2D eigenvalue weighted by Crippen LogP contribution is -2.45. The lowest BCUT2D eigenvalue weighted by molar-refractivity contribution is 0.0730. The predicted octanol–water partition coefficient (Wildman–Crippen LogP) is 1.27. The number of carbonyl (C=O) groups is 1. The number of amides is 2. The molecule has 0 aromatic heterocycles. The third-order valence-corrected chi connectivity index (χ3v) is 6.12. The Kier molecular flexibility index (Phi) is 7.22. The van der Waals surface area contributed by atoms with Crippen LogP contribution in [0.1, 0.15) is 31.0 Å². The normalized spacial score (nSPS) is 17.0. The van der Waals surface area contributed by atoms with Crippen molar-refractivity contribution in [2.45, 2.75) is 26.3 Å². The van der Waals surface area contributed by atoms with Crippen LogP contribution in [-0.2, 0) is 21.2 Å². The molecule has 1 heterocycles. The summed E-state index contributed by atoms with van der Waals surface area (Å²) in [6.45, 7) is 5.65. The second-order valence-corrected chi connectivity index (χ2v) is 8.13. The highest BCUT2D eigenvalue weighted by molar-refractivity contribution is 7.89. The van der Waals surface area contributed by atoms with Gasteiger partial charge in [0, 0.05) is 19.6 Å². The van der Waals surface area contributed by atoms with Gasteiger partial charge in [-0.2, -0.15) is 4.31 Å². The minimum Gasteiger partial charge on any atom is -0.379 e. The molecule has 1 atom stereocenters. The number of hydrogen-bond acceptors (Lipinski definition) is 4. The predicted molar refractivity (Wildman–Crippen MR) is 96.9 cm³/mol. The number of rotatable bonds is 7. The number of ether oxygens (including phenoxy) is 1. The molecule has 1 fully saturated rings. The van der Waals surface area contributed by atoms with Crippen LogP contribution in [0.4, 0.5) is 4.79 Å². The van der Waals surface area contributed by atoms with Crippen LogP contribution in [0, 0.1) is 0 Å². The first kappa shape index (κ1) is 19.7. The number of benzene rings is 1. The third kappa shape index (κ3) is 5.98. The van der Waals surface area contributed by atoms with E-state index < -0.39 is 10.0 Å². The summed E-state index contributed by atoms with van der Waals surface area (Å²) in [4.78, 5) is 12.0. The fourth-order valence-electron chi connectivity index (χ4n) is 2.62. The summed E-state index contributed by atoms with van der Waals surface area (Å²) in [5, 5.41) is 5.43. The fourth-order valence-corrected chi connectivity index (χ4v) is 3.94. The van der Waals surface area contributed by atoms with E-state index in [1.165, 1.54) is 9.87 Å². The summed E-state index contributed by atoms with van der Waals surface area (Å²) in [6, 6.07) is 7.55. The molecular formula is C17H27N3O4S. The van der Waals surface area contributed by atoms with E-state index in [9.17, 15) is 13.2 Å². The summed E-state index contributed by atoms with van der Waals surface area (Å²) in [6.07, 6.45) is 0.972. The number of carbonyl (C=O) groups excluding carboxylic acids is 1. The first-order valence-corrected chi connectivity index (χ1v) is 10.2. The molecule has 2 rings (SSSR count). The molecule has 140 valence electrons. The molecule has 8 heteroatoms. The fraction of sp³-hybridized carbons (Fsp3) is 0.588. The molecule has 0 aliphatic carbocycles. The van der Waals surface area contributed by atoms with Crippen LogP contribution in [0.25, 0.3) is 0 Å². The molecule has 7 nitrogen and oxygen atoms in total. The Morgan fingerprint density at radius 3 is 2.48 bits per heavy atom. The van der Waals surface area contributed by atoms with E-state index in [0.717, 1.165) is 12.0 Å². The zero-order chi connectivity index (χ0) is 18.3. The highest BCUT2D eigenvalue weighted by Gasteiger charge is 2.24. The van der Waals surface area contributed by atoms with Gasteiger partial charge in [0.15, 0.2) is 0 Å². The average molecular weight is 369 g/mol. The Labute approximate surface area is 149 Å². The monoisotopic (exact) mass is 369 g/mol. The molecular weight excluding hydrogens is 342 g/mol. The molecule has 1 aromatic rings. The molecule has 0 bridgehead atoms. The van der Waals surface area contributed by atoms with Crippen LogP contribution in [0.15, 0.2) is 24.3 Å². The number of nitrogens with one attached hydrogen (secondary N) is 2. The van der Waals surface area contributed by atoms with Gasteiger partial charge in [0.25, 0.3) is 0 Å². The van der Waals surface area contributed by atoms with Crippen LogP contribution < -0.4 is 10.6 Å².